The van der Waals surface area contributed by atoms with Crippen LogP contribution in [-0.2, 0) is 25.6 Å². The predicted octanol–water partition coefficient (Wildman–Crippen LogP) is -2.51. The van der Waals surface area contributed by atoms with E-state index in [0.29, 0.717) is 5.69 Å². The average molecular weight is 412 g/mol. The number of carboxylic acids is 1. The van der Waals surface area contributed by atoms with Crippen molar-refractivity contribution >= 4 is 23.7 Å². The molecule has 162 valence electrons. The molecule has 0 radical (unpaired) electrons. The zero-order valence-electron chi connectivity index (χ0n) is 16.5. The van der Waals surface area contributed by atoms with Crippen LogP contribution in [0.4, 0.5) is 0 Å². The number of nitrogens with one attached hydrogen (secondary N) is 4. The molecule has 1 heterocycles. The number of carboxylic acid groups (broad SMARTS) is 1. The van der Waals surface area contributed by atoms with Crippen LogP contribution in [0.5, 0.6) is 0 Å². The standard InChI is InChI=1S/C17H28N6O6/c1-8(2)13(23-14(25)9(3)18)16(27)22-12(6-24)15(26)21-11(17(28)29)4-10-5-19-7-20-10/h5,7-9,11-13,24H,4,6,18H2,1-3H3,(H,19,20)(H,21,26)(H,22,27)(H,23,25)(H,28,29). The van der Waals surface area contributed by atoms with Gasteiger partial charge in [-0.2, -0.15) is 0 Å². The Hall–Kier alpha value is -2.99. The highest BCUT2D eigenvalue weighted by Crippen LogP contribution is 2.04. The molecule has 0 aliphatic carbocycles. The van der Waals surface area contributed by atoms with E-state index in [4.69, 9.17) is 5.73 Å². The van der Waals surface area contributed by atoms with Crippen molar-refractivity contribution in [3.63, 3.8) is 0 Å². The summed E-state index contributed by atoms with van der Waals surface area (Å²) in [7, 11) is 0. The summed E-state index contributed by atoms with van der Waals surface area (Å²) in [5, 5.41) is 25.9. The lowest BCUT2D eigenvalue weighted by Crippen LogP contribution is -2.59. The number of hydrogen-bond acceptors (Lipinski definition) is 7. The molecule has 29 heavy (non-hydrogen) atoms. The predicted molar refractivity (Wildman–Crippen MR) is 101 cm³/mol. The number of hydrogen-bond donors (Lipinski definition) is 7. The molecule has 0 saturated heterocycles. The van der Waals surface area contributed by atoms with Crippen molar-refractivity contribution in [2.75, 3.05) is 6.61 Å². The van der Waals surface area contributed by atoms with Crippen LogP contribution in [0, 0.1) is 5.92 Å². The van der Waals surface area contributed by atoms with E-state index in [1.165, 1.54) is 19.4 Å². The summed E-state index contributed by atoms with van der Waals surface area (Å²) in [6, 6.07) is -4.53. The van der Waals surface area contributed by atoms with E-state index in [9.17, 15) is 29.4 Å². The molecule has 3 amide bonds. The maximum atomic E-state index is 12.5. The van der Waals surface area contributed by atoms with E-state index < -0.39 is 54.5 Å². The number of imidazole rings is 1. The first kappa shape index (κ1) is 24.0. The zero-order valence-corrected chi connectivity index (χ0v) is 16.5. The van der Waals surface area contributed by atoms with Crippen molar-refractivity contribution in [1.29, 1.82) is 0 Å². The van der Waals surface area contributed by atoms with Gasteiger partial charge in [-0.25, -0.2) is 9.78 Å². The largest absolute Gasteiger partial charge is 0.480 e. The van der Waals surface area contributed by atoms with Crippen molar-refractivity contribution in [1.82, 2.24) is 25.9 Å². The van der Waals surface area contributed by atoms with Gasteiger partial charge in [0.1, 0.15) is 18.1 Å². The lowest BCUT2D eigenvalue weighted by atomic mass is 10.0. The summed E-state index contributed by atoms with van der Waals surface area (Å²) in [5.74, 6) is -3.75. The van der Waals surface area contributed by atoms with Gasteiger partial charge in [-0.05, 0) is 12.8 Å². The second-order valence-electron chi connectivity index (χ2n) is 6.94. The molecule has 0 aliphatic heterocycles. The van der Waals surface area contributed by atoms with Gasteiger partial charge in [-0.15, -0.1) is 0 Å². The van der Waals surface area contributed by atoms with E-state index in [-0.39, 0.29) is 12.3 Å². The fourth-order valence-electron chi connectivity index (χ4n) is 2.36. The Labute approximate surface area is 167 Å². The first-order chi connectivity index (χ1) is 13.6. The lowest BCUT2D eigenvalue weighted by molar-refractivity contribution is -0.142. The molecule has 1 aromatic heterocycles. The third-order valence-electron chi connectivity index (χ3n) is 4.07. The second-order valence-corrected chi connectivity index (χ2v) is 6.94. The van der Waals surface area contributed by atoms with E-state index in [1.807, 2.05) is 0 Å². The molecule has 4 atom stereocenters. The maximum absolute atomic E-state index is 12.5. The number of aromatic nitrogens is 2. The van der Waals surface area contributed by atoms with Crippen LogP contribution in [0.25, 0.3) is 0 Å². The quantitative estimate of drug-likeness (QED) is 0.206. The Kier molecular flexibility index (Phi) is 9.22. The number of aliphatic hydroxyl groups is 1. The fourth-order valence-corrected chi connectivity index (χ4v) is 2.36. The molecule has 0 aromatic carbocycles. The molecule has 0 fully saturated rings. The Balaban J connectivity index is 2.80. The van der Waals surface area contributed by atoms with Gasteiger partial charge in [0.15, 0.2) is 0 Å². The Morgan fingerprint density at radius 1 is 1.07 bits per heavy atom. The van der Waals surface area contributed by atoms with E-state index in [2.05, 4.69) is 25.9 Å². The summed E-state index contributed by atoms with van der Waals surface area (Å²) in [4.78, 5) is 54.6. The number of H-pyrrole nitrogens is 1. The third-order valence-corrected chi connectivity index (χ3v) is 4.07. The minimum Gasteiger partial charge on any atom is -0.480 e. The Morgan fingerprint density at radius 2 is 1.69 bits per heavy atom. The molecule has 0 saturated carbocycles. The van der Waals surface area contributed by atoms with Crippen molar-refractivity contribution < 1.29 is 29.4 Å². The van der Waals surface area contributed by atoms with Crippen LogP contribution in [0.2, 0.25) is 0 Å². The molecule has 0 aliphatic rings. The summed E-state index contributed by atoms with van der Waals surface area (Å²) in [6.45, 7) is 4.07. The lowest BCUT2D eigenvalue weighted by Gasteiger charge is -2.25. The first-order valence-electron chi connectivity index (χ1n) is 9.04. The van der Waals surface area contributed by atoms with E-state index in [0.717, 1.165) is 0 Å². The maximum Gasteiger partial charge on any atom is 0.326 e. The van der Waals surface area contributed by atoms with Gasteiger partial charge in [-0.3, -0.25) is 14.4 Å². The van der Waals surface area contributed by atoms with Crippen molar-refractivity contribution in [2.45, 2.75) is 51.4 Å². The number of carbonyl (C=O) groups excluding carboxylic acids is 3. The zero-order chi connectivity index (χ0) is 22.1. The molecule has 1 aromatic rings. The van der Waals surface area contributed by atoms with Gasteiger partial charge in [0.05, 0.1) is 19.0 Å². The number of rotatable bonds is 11. The van der Waals surface area contributed by atoms with Gasteiger partial charge >= 0.3 is 5.97 Å². The molecular formula is C17H28N6O6. The Bertz CT molecular complexity index is 705. The Morgan fingerprint density at radius 3 is 2.14 bits per heavy atom. The number of nitrogens with zero attached hydrogens (tertiary/aromatic N) is 1. The first-order valence-corrected chi connectivity index (χ1v) is 9.04. The SMILES string of the molecule is CC(N)C(=O)NC(C(=O)NC(CO)C(=O)NC(Cc1cnc[nH]1)C(=O)O)C(C)C. The number of carbonyl (C=O) groups is 4. The topological polar surface area (TPSA) is 200 Å². The van der Waals surface area contributed by atoms with Crippen LogP contribution in [0.15, 0.2) is 12.5 Å². The van der Waals surface area contributed by atoms with Gasteiger partial charge < -0.3 is 36.9 Å². The molecule has 1 rings (SSSR count). The second kappa shape index (κ2) is 11.1. The van der Waals surface area contributed by atoms with Crippen LogP contribution < -0.4 is 21.7 Å². The van der Waals surface area contributed by atoms with E-state index >= 15 is 0 Å². The van der Waals surface area contributed by atoms with E-state index in [1.54, 1.807) is 13.8 Å². The highest BCUT2D eigenvalue weighted by atomic mass is 16.4. The normalized spacial score (nSPS) is 15.1. The summed E-state index contributed by atoms with van der Waals surface area (Å²) < 4.78 is 0. The minimum absolute atomic E-state index is 0.0633. The average Bonchev–Trinajstić information content (AvgIpc) is 3.15. The molecule has 12 nitrogen and oxygen atoms in total. The highest BCUT2D eigenvalue weighted by Gasteiger charge is 2.31. The highest BCUT2D eigenvalue weighted by molar-refractivity contribution is 5.94. The number of aliphatic hydroxyl groups excluding tert-OH is 1. The van der Waals surface area contributed by atoms with Gasteiger partial charge in [0.25, 0.3) is 0 Å². The minimum atomic E-state index is -1.40. The number of aliphatic carboxylic acids is 1. The monoisotopic (exact) mass is 412 g/mol. The summed E-state index contributed by atoms with van der Waals surface area (Å²) in [6.07, 6.45) is 2.73. The van der Waals surface area contributed by atoms with Crippen molar-refractivity contribution in [3.8, 4) is 0 Å². The third kappa shape index (κ3) is 7.50. The summed E-state index contributed by atoms with van der Waals surface area (Å²) in [5.41, 5.74) is 5.98. The van der Waals surface area contributed by atoms with Crippen molar-refractivity contribution in [2.24, 2.45) is 11.7 Å². The van der Waals surface area contributed by atoms with Gasteiger partial charge in [-0.1, -0.05) is 13.8 Å². The van der Waals surface area contributed by atoms with Crippen LogP contribution >= 0.6 is 0 Å². The van der Waals surface area contributed by atoms with Crippen LogP contribution in [0.1, 0.15) is 26.5 Å². The van der Waals surface area contributed by atoms with Crippen LogP contribution in [0.3, 0.4) is 0 Å². The van der Waals surface area contributed by atoms with Gasteiger partial charge in [0, 0.05) is 18.3 Å². The number of nitrogens with two attached hydrogens (primary N) is 1. The molecule has 12 heteroatoms. The number of aromatic amines is 1. The molecular weight excluding hydrogens is 384 g/mol. The molecule has 0 bridgehead atoms. The van der Waals surface area contributed by atoms with Gasteiger partial charge in [0.2, 0.25) is 17.7 Å². The number of amides is 3. The summed E-state index contributed by atoms with van der Waals surface area (Å²) >= 11 is 0. The van der Waals surface area contributed by atoms with Crippen LogP contribution in [-0.4, -0.2) is 74.6 Å². The molecule has 4 unspecified atom stereocenters. The fraction of sp³-hybridized carbons (Fsp3) is 0.588. The molecule has 0 spiro atoms. The van der Waals surface area contributed by atoms with Crippen molar-refractivity contribution in [3.05, 3.63) is 18.2 Å². The smallest absolute Gasteiger partial charge is 0.326 e. The molecule has 8 N–H and O–H groups in total.